The first-order valence-electron chi connectivity index (χ1n) is 5.75. The molecule has 0 saturated carbocycles. The first-order valence-corrected chi connectivity index (χ1v) is 6.13. The Kier molecular flexibility index (Phi) is 4.39. The first kappa shape index (κ1) is 14.5. The van der Waals surface area contributed by atoms with Crippen molar-refractivity contribution in [3.63, 3.8) is 0 Å². The standard InChI is InChI=1S/C14H10ClF3N2/c15-11-4-5-12(20-9-11)2-1-3-13-8-10(6-7-19-13)14(16,17)18/h1-2,4-9H,3H2. The second-order valence-electron chi connectivity index (χ2n) is 4.04. The molecular formula is C14H10ClF3N2. The molecule has 0 aliphatic heterocycles. The summed E-state index contributed by atoms with van der Waals surface area (Å²) in [6.45, 7) is 0. The van der Waals surface area contributed by atoms with Gasteiger partial charge in [-0.1, -0.05) is 17.7 Å². The molecule has 0 atom stereocenters. The van der Waals surface area contributed by atoms with Gasteiger partial charge in [0.2, 0.25) is 0 Å². The molecule has 0 N–H and O–H groups in total. The summed E-state index contributed by atoms with van der Waals surface area (Å²) in [6.07, 6.45) is 2.03. The topological polar surface area (TPSA) is 25.8 Å². The summed E-state index contributed by atoms with van der Waals surface area (Å²) in [4.78, 5) is 7.95. The van der Waals surface area contributed by atoms with Gasteiger partial charge in [-0.15, -0.1) is 0 Å². The van der Waals surface area contributed by atoms with Crippen LogP contribution in [0.5, 0.6) is 0 Å². The van der Waals surface area contributed by atoms with Gasteiger partial charge in [0.25, 0.3) is 0 Å². The third-order valence-electron chi connectivity index (χ3n) is 2.51. The van der Waals surface area contributed by atoms with E-state index in [1.54, 1.807) is 24.3 Å². The molecule has 0 saturated heterocycles. The molecular weight excluding hydrogens is 289 g/mol. The molecule has 2 rings (SSSR count). The van der Waals surface area contributed by atoms with Gasteiger partial charge in [-0.3, -0.25) is 9.97 Å². The molecule has 0 bridgehead atoms. The van der Waals surface area contributed by atoms with Crippen LogP contribution in [0, 0.1) is 0 Å². The SMILES string of the molecule is FC(F)(F)c1ccnc(CC=Cc2ccc(Cl)cn2)c1. The largest absolute Gasteiger partial charge is 0.416 e. The minimum Gasteiger partial charge on any atom is -0.261 e. The van der Waals surface area contributed by atoms with E-state index < -0.39 is 11.7 Å². The number of hydrogen-bond acceptors (Lipinski definition) is 2. The molecule has 2 heterocycles. The highest BCUT2D eigenvalue weighted by molar-refractivity contribution is 6.30. The van der Waals surface area contributed by atoms with Gasteiger partial charge in [0.1, 0.15) is 0 Å². The zero-order chi connectivity index (χ0) is 14.6. The van der Waals surface area contributed by atoms with Gasteiger partial charge >= 0.3 is 6.18 Å². The summed E-state index contributed by atoms with van der Waals surface area (Å²) in [7, 11) is 0. The number of nitrogens with zero attached hydrogens (tertiary/aromatic N) is 2. The quantitative estimate of drug-likeness (QED) is 0.839. The number of hydrogen-bond donors (Lipinski definition) is 0. The number of alkyl halides is 3. The summed E-state index contributed by atoms with van der Waals surface area (Å²) in [6, 6.07) is 5.41. The van der Waals surface area contributed by atoms with E-state index in [-0.39, 0.29) is 0 Å². The molecule has 0 radical (unpaired) electrons. The summed E-state index contributed by atoms with van der Waals surface area (Å²) < 4.78 is 37.6. The lowest BCUT2D eigenvalue weighted by molar-refractivity contribution is -0.137. The Bertz CT molecular complexity index is 607. The van der Waals surface area contributed by atoms with Gasteiger partial charge in [0.15, 0.2) is 0 Å². The molecule has 0 fully saturated rings. The van der Waals surface area contributed by atoms with Crippen LogP contribution in [0.1, 0.15) is 17.0 Å². The third kappa shape index (κ3) is 4.06. The lowest BCUT2D eigenvalue weighted by atomic mass is 10.2. The lowest BCUT2D eigenvalue weighted by Crippen LogP contribution is -2.05. The highest BCUT2D eigenvalue weighted by atomic mass is 35.5. The van der Waals surface area contributed by atoms with Crippen molar-refractivity contribution in [3.8, 4) is 0 Å². The smallest absolute Gasteiger partial charge is 0.261 e. The Balaban J connectivity index is 2.05. The number of allylic oxidation sites excluding steroid dienone is 1. The van der Waals surface area contributed by atoms with E-state index >= 15 is 0 Å². The molecule has 2 nitrogen and oxygen atoms in total. The van der Waals surface area contributed by atoms with E-state index in [0.717, 1.165) is 18.3 Å². The minimum atomic E-state index is -4.35. The molecule has 6 heteroatoms. The van der Waals surface area contributed by atoms with Crippen LogP contribution in [0.15, 0.2) is 42.7 Å². The summed E-state index contributed by atoms with van der Waals surface area (Å²) >= 11 is 5.70. The highest BCUT2D eigenvalue weighted by Crippen LogP contribution is 2.29. The van der Waals surface area contributed by atoms with Crippen LogP contribution in [0.25, 0.3) is 6.08 Å². The van der Waals surface area contributed by atoms with Gasteiger partial charge in [-0.2, -0.15) is 13.2 Å². The van der Waals surface area contributed by atoms with Gasteiger partial charge in [-0.05, 0) is 30.3 Å². The molecule has 0 unspecified atom stereocenters. The summed E-state index contributed by atoms with van der Waals surface area (Å²) in [5, 5.41) is 0.529. The minimum absolute atomic E-state index is 0.300. The average molecular weight is 299 g/mol. The van der Waals surface area contributed by atoms with E-state index in [1.807, 2.05) is 0 Å². The second kappa shape index (κ2) is 6.05. The van der Waals surface area contributed by atoms with Gasteiger partial charge < -0.3 is 0 Å². The first-order chi connectivity index (χ1) is 9.45. The fourth-order valence-electron chi connectivity index (χ4n) is 1.55. The second-order valence-corrected chi connectivity index (χ2v) is 4.48. The number of pyridine rings is 2. The van der Waals surface area contributed by atoms with E-state index in [1.165, 1.54) is 6.20 Å². The predicted octanol–water partition coefficient (Wildman–Crippen LogP) is 4.40. The van der Waals surface area contributed by atoms with Crippen molar-refractivity contribution in [1.82, 2.24) is 9.97 Å². The van der Waals surface area contributed by atoms with E-state index in [4.69, 9.17) is 11.6 Å². The molecule has 0 aliphatic carbocycles. The summed E-state index contributed by atoms with van der Waals surface area (Å²) in [5.41, 5.74) is 0.340. The Hall–Kier alpha value is -1.88. The lowest BCUT2D eigenvalue weighted by Gasteiger charge is -2.06. The van der Waals surface area contributed by atoms with Crippen molar-refractivity contribution in [2.24, 2.45) is 0 Å². The maximum Gasteiger partial charge on any atom is 0.416 e. The van der Waals surface area contributed by atoms with Crippen molar-refractivity contribution < 1.29 is 13.2 Å². The third-order valence-corrected chi connectivity index (χ3v) is 2.73. The fraction of sp³-hybridized carbons (Fsp3) is 0.143. The number of halogens is 4. The van der Waals surface area contributed by atoms with Crippen LogP contribution >= 0.6 is 11.6 Å². The molecule has 0 aliphatic rings. The zero-order valence-corrected chi connectivity index (χ0v) is 11.0. The molecule has 0 aromatic carbocycles. The van der Waals surface area contributed by atoms with Crippen LogP contribution in [0.3, 0.4) is 0 Å². The van der Waals surface area contributed by atoms with Crippen LogP contribution in [-0.4, -0.2) is 9.97 Å². The predicted molar refractivity (Wildman–Crippen MR) is 71.2 cm³/mol. The van der Waals surface area contributed by atoms with Crippen molar-refractivity contribution in [3.05, 3.63) is 64.7 Å². The Morgan fingerprint density at radius 2 is 1.95 bits per heavy atom. The van der Waals surface area contributed by atoms with E-state index in [2.05, 4.69) is 9.97 Å². The maximum absolute atomic E-state index is 12.5. The van der Waals surface area contributed by atoms with Gasteiger partial charge in [0, 0.05) is 24.5 Å². The van der Waals surface area contributed by atoms with Crippen molar-refractivity contribution >= 4 is 17.7 Å². The maximum atomic E-state index is 12.5. The highest BCUT2D eigenvalue weighted by Gasteiger charge is 2.30. The number of aromatic nitrogens is 2. The van der Waals surface area contributed by atoms with Crippen LogP contribution in [0.2, 0.25) is 5.02 Å². The molecule has 20 heavy (non-hydrogen) atoms. The summed E-state index contributed by atoms with van der Waals surface area (Å²) in [5.74, 6) is 0. The van der Waals surface area contributed by atoms with Crippen molar-refractivity contribution in [2.75, 3.05) is 0 Å². The van der Waals surface area contributed by atoms with E-state index in [9.17, 15) is 13.2 Å². The zero-order valence-electron chi connectivity index (χ0n) is 10.2. The van der Waals surface area contributed by atoms with Crippen LogP contribution < -0.4 is 0 Å². The molecule has 104 valence electrons. The molecule has 2 aromatic heterocycles. The molecule has 0 amide bonds. The average Bonchev–Trinajstić information content (AvgIpc) is 2.40. The normalized spacial score (nSPS) is 12.0. The van der Waals surface area contributed by atoms with Gasteiger partial charge in [-0.25, -0.2) is 0 Å². The molecule has 0 spiro atoms. The van der Waals surface area contributed by atoms with Crippen molar-refractivity contribution in [1.29, 1.82) is 0 Å². The fourth-order valence-corrected chi connectivity index (χ4v) is 1.66. The monoisotopic (exact) mass is 298 g/mol. The Morgan fingerprint density at radius 1 is 1.15 bits per heavy atom. The van der Waals surface area contributed by atoms with Crippen LogP contribution in [0.4, 0.5) is 13.2 Å². The van der Waals surface area contributed by atoms with Crippen LogP contribution in [-0.2, 0) is 12.6 Å². The van der Waals surface area contributed by atoms with E-state index in [0.29, 0.717) is 22.8 Å². The Morgan fingerprint density at radius 3 is 2.60 bits per heavy atom. The molecule has 2 aromatic rings. The Labute approximate surface area is 118 Å². The van der Waals surface area contributed by atoms with Gasteiger partial charge in [0.05, 0.1) is 16.3 Å². The van der Waals surface area contributed by atoms with Crippen molar-refractivity contribution in [2.45, 2.75) is 12.6 Å². The number of rotatable bonds is 3.